The summed E-state index contributed by atoms with van der Waals surface area (Å²) in [6, 6.07) is 3.43. The van der Waals surface area contributed by atoms with Gasteiger partial charge in [-0.25, -0.2) is 4.79 Å². The molecule has 0 radical (unpaired) electrons. The third kappa shape index (κ3) is 5.17. The van der Waals surface area contributed by atoms with E-state index in [9.17, 15) is 9.59 Å². The summed E-state index contributed by atoms with van der Waals surface area (Å²) >= 11 is 6.72. The number of hydrogen-bond donors (Lipinski definition) is 1. The third-order valence-corrected chi connectivity index (χ3v) is 3.70. The monoisotopic (exact) mass is 419 g/mol. The number of ether oxygens (including phenoxy) is 1. The number of hydrogen-bond acceptors (Lipinski definition) is 3. The van der Waals surface area contributed by atoms with Gasteiger partial charge >= 0.3 is 5.97 Å². The zero-order valence-corrected chi connectivity index (χ0v) is 14.9. The number of carboxylic acids is 1. The number of aliphatic carboxylic acids is 1. The summed E-state index contributed by atoms with van der Waals surface area (Å²) < 4.78 is 6.90. The van der Waals surface area contributed by atoms with Crippen molar-refractivity contribution in [2.75, 3.05) is 14.1 Å². The predicted octanol–water partition coefficient (Wildman–Crippen LogP) is 3.16. The van der Waals surface area contributed by atoms with Crippen LogP contribution in [-0.4, -0.2) is 42.1 Å². The molecule has 0 aliphatic heterocycles. The number of nitrogens with zero attached hydrogens (tertiary/aromatic N) is 1. The van der Waals surface area contributed by atoms with E-state index in [2.05, 4.69) is 31.9 Å². The van der Waals surface area contributed by atoms with Crippen LogP contribution in [0.3, 0.4) is 0 Å². The molecule has 7 heteroatoms. The molecule has 0 spiro atoms. The minimum Gasteiger partial charge on any atom is -0.479 e. The number of likely N-dealkylation sites (N-methyl/N-ethyl adjacent to an activating group) is 1. The smallest absolute Gasteiger partial charge is 0.328 e. The highest BCUT2D eigenvalue weighted by molar-refractivity contribution is 9.11. The second kappa shape index (κ2) is 7.61. The molecule has 21 heavy (non-hydrogen) atoms. The molecule has 0 saturated heterocycles. The van der Waals surface area contributed by atoms with E-state index < -0.39 is 12.1 Å². The minimum atomic E-state index is -1.02. The van der Waals surface area contributed by atoms with Gasteiger partial charge in [0, 0.05) is 20.2 Å². The topological polar surface area (TPSA) is 66.8 Å². The Labute approximate surface area is 139 Å². The van der Waals surface area contributed by atoms with Crippen LogP contribution in [0.4, 0.5) is 0 Å². The van der Waals surface area contributed by atoms with Crippen LogP contribution in [0, 0.1) is 0 Å². The van der Waals surface area contributed by atoms with Gasteiger partial charge < -0.3 is 14.7 Å². The molecule has 0 fully saturated rings. The quantitative estimate of drug-likeness (QED) is 0.743. The summed E-state index contributed by atoms with van der Waals surface area (Å²) in [5.41, 5.74) is 0.690. The van der Waals surface area contributed by atoms with E-state index >= 15 is 0 Å². The van der Waals surface area contributed by atoms with Gasteiger partial charge in [-0.3, -0.25) is 4.79 Å². The molecule has 5 nitrogen and oxygen atoms in total. The molecule has 1 aromatic carbocycles. The Hall–Kier alpha value is -1.34. The van der Waals surface area contributed by atoms with Crippen molar-refractivity contribution in [1.29, 1.82) is 0 Å². The molecule has 1 N–H and O–H groups in total. The predicted molar refractivity (Wildman–Crippen MR) is 87.3 cm³/mol. The van der Waals surface area contributed by atoms with Crippen LogP contribution >= 0.6 is 31.9 Å². The van der Waals surface area contributed by atoms with Crippen LogP contribution in [0.1, 0.15) is 12.5 Å². The van der Waals surface area contributed by atoms with Crippen molar-refractivity contribution in [2.45, 2.75) is 13.0 Å². The third-order valence-electron chi connectivity index (χ3n) is 2.52. The van der Waals surface area contributed by atoms with Crippen molar-refractivity contribution in [1.82, 2.24) is 4.90 Å². The summed E-state index contributed by atoms with van der Waals surface area (Å²) in [5, 5.41) is 8.62. The van der Waals surface area contributed by atoms with Crippen molar-refractivity contribution < 1.29 is 19.4 Å². The first-order valence-electron chi connectivity index (χ1n) is 6.00. The van der Waals surface area contributed by atoms with E-state index in [0.717, 1.165) is 6.08 Å². The highest BCUT2D eigenvalue weighted by Crippen LogP contribution is 2.36. The Kier molecular flexibility index (Phi) is 6.42. The number of carbonyl (C=O) groups excluding carboxylic acids is 1. The largest absolute Gasteiger partial charge is 0.479 e. The molecule has 0 aliphatic rings. The Morgan fingerprint density at radius 2 is 1.81 bits per heavy atom. The molecule has 1 atom stereocenters. The molecule has 1 unspecified atom stereocenters. The van der Waals surface area contributed by atoms with E-state index in [4.69, 9.17) is 9.84 Å². The van der Waals surface area contributed by atoms with Gasteiger partial charge in [0.15, 0.2) is 6.10 Å². The second-order valence-electron chi connectivity index (χ2n) is 4.48. The molecule has 0 bridgehead atoms. The number of carboxylic acid groups (broad SMARTS) is 1. The van der Waals surface area contributed by atoms with Crippen LogP contribution < -0.4 is 4.74 Å². The summed E-state index contributed by atoms with van der Waals surface area (Å²) in [4.78, 5) is 23.8. The molecule has 1 aromatic rings. The number of carbonyl (C=O) groups is 2. The number of benzene rings is 1. The lowest BCUT2D eigenvalue weighted by Gasteiger charge is -2.20. The van der Waals surface area contributed by atoms with Crippen molar-refractivity contribution in [3.05, 3.63) is 32.7 Å². The molecule has 0 heterocycles. The fraction of sp³-hybridized carbons (Fsp3) is 0.286. The van der Waals surface area contributed by atoms with Crippen LogP contribution in [0.15, 0.2) is 27.2 Å². The average molecular weight is 421 g/mol. The van der Waals surface area contributed by atoms with E-state index in [1.165, 1.54) is 11.0 Å². The maximum atomic E-state index is 11.8. The van der Waals surface area contributed by atoms with Crippen molar-refractivity contribution in [2.24, 2.45) is 0 Å². The van der Waals surface area contributed by atoms with Crippen LogP contribution in [0.25, 0.3) is 6.08 Å². The zero-order valence-electron chi connectivity index (χ0n) is 11.8. The van der Waals surface area contributed by atoms with Crippen LogP contribution in [-0.2, 0) is 9.59 Å². The van der Waals surface area contributed by atoms with Gasteiger partial charge in [0.1, 0.15) is 5.75 Å². The standard InChI is InChI=1S/C14H15Br2NO4/c1-8(14(20)17(2)3)21-13-10(15)6-9(7-11(13)16)4-5-12(18)19/h4-8H,1-3H3,(H,18,19)/b5-4+. The van der Waals surface area contributed by atoms with Gasteiger partial charge in [0.25, 0.3) is 5.91 Å². The second-order valence-corrected chi connectivity index (χ2v) is 6.19. The van der Waals surface area contributed by atoms with Gasteiger partial charge in [0.05, 0.1) is 8.95 Å². The van der Waals surface area contributed by atoms with Gasteiger partial charge in [-0.2, -0.15) is 0 Å². The summed E-state index contributed by atoms with van der Waals surface area (Å²) in [6.45, 7) is 1.67. The van der Waals surface area contributed by atoms with Gasteiger partial charge in [-0.15, -0.1) is 0 Å². The maximum absolute atomic E-state index is 11.8. The zero-order chi connectivity index (χ0) is 16.2. The molecule has 0 aliphatic carbocycles. The summed E-state index contributed by atoms with van der Waals surface area (Å²) in [5.74, 6) is -0.679. The first kappa shape index (κ1) is 17.7. The lowest BCUT2D eigenvalue weighted by molar-refractivity contribution is -0.135. The molecule has 114 valence electrons. The van der Waals surface area contributed by atoms with Gasteiger partial charge in [-0.1, -0.05) is 0 Å². The molecule has 1 amide bonds. The van der Waals surface area contributed by atoms with Gasteiger partial charge in [-0.05, 0) is 62.6 Å². The molecular weight excluding hydrogens is 406 g/mol. The molecule has 0 aromatic heterocycles. The van der Waals surface area contributed by atoms with E-state index in [0.29, 0.717) is 20.3 Å². The van der Waals surface area contributed by atoms with Crippen molar-refractivity contribution in [3.8, 4) is 5.75 Å². The van der Waals surface area contributed by atoms with Crippen molar-refractivity contribution in [3.63, 3.8) is 0 Å². The molecule has 1 rings (SSSR count). The lowest BCUT2D eigenvalue weighted by atomic mass is 10.2. The van der Waals surface area contributed by atoms with Crippen LogP contribution in [0.5, 0.6) is 5.75 Å². The summed E-state index contributed by atoms with van der Waals surface area (Å²) in [7, 11) is 3.32. The fourth-order valence-corrected chi connectivity index (χ4v) is 2.96. The number of amides is 1. The lowest BCUT2D eigenvalue weighted by Crippen LogP contribution is -2.35. The van der Waals surface area contributed by atoms with Crippen molar-refractivity contribution >= 4 is 49.8 Å². The van der Waals surface area contributed by atoms with Crippen LogP contribution in [0.2, 0.25) is 0 Å². The highest BCUT2D eigenvalue weighted by atomic mass is 79.9. The number of halogens is 2. The Bertz CT molecular complexity index is 561. The van der Waals surface area contributed by atoms with E-state index in [-0.39, 0.29) is 5.91 Å². The Morgan fingerprint density at radius 3 is 2.24 bits per heavy atom. The Morgan fingerprint density at radius 1 is 1.29 bits per heavy atom. The number of rotatable bonds is 5. The van der Waals surface area contributed by atoms with E-state index in [1.54, 1.807) is 33.2 Å². The maximum Gasteiger partial charge on any atom is 0.328 e. The molecule has 0 saturated carbocycles. The van der Waals surface area contributed by atoms with Gasteiger partial charge in [0.2, 0.25) is 0 Å². The first-order valence-corrected chi connectivity index (χ1v) is 7.59. The highest BCUT2D eigenvalue weighted by Gasteiger charge is 2.19. The Balaban J connectivity index is 3.00. The SMILES string of the molecule is CC(Oc1c(Br)cc(/C=C/C(=O)O)cc1Br)C(=O)N(C)C. The first-order chi connectivity index (χ1) is 9.72. The normalized spacial score (nSPS) is 12.2. The average Bonchev–Trinajstić information content (AvgIpc) is 2.39. The molecular formula is C14H15Br2NO4. The minimum absolute atomic E-state index is 0.149. The summed E-state index contributed by atoms with van der Waals surface area (Å²) in [6.07, 6.45) is 1.89. The fourth-order valence-electron chi connectivity index (χ4n) is 1.55. The van der Waals surface area contributed by atoms with E-state index in [1.807, 2.05) is 0 Å².